The Labute approximate surface area is 67.2 Å². The van der Waals surface area contributed by atoms with Gasteiger partial charge < -0.3 is 0 Å². The highest BCUT2D eigenvalue weighted by molar-refractivity contribution is 5.18. The smallest absolute Gasteiger partial charge is 0.0656 e. The summed E-state index contributed by atoms with van der Waals surface area (Å²) in [6, 6.07) is 0. The Kier molecular flexibility index (Phi) is 1.68. The maximum atomic E-state index is 4.43. The van der Waals surface area contributed by atoms with E-state index in [2.05, 4.69) is 11.3 Å². The van der Waals surface area contributed by atoms with Crippen molar-refractivity contribution in [2.75, 3.05) is 0 Å². The van der Waals surface area contributed by atoms with Gasteiger partial charge in [-0.1, -0.05) is 6.42 Å². The van der Waals surface area contributed by atoms with E-state index in [9.17, 15) is 0 Å². The Hall–Kier alpha value is -0.790. The van der Waals surface area contributed by atoms with Crippen molar-refractivity contribution >= 4 is 0 Å². The van der Waals surface area contributed by atoms with Crippen LogP contribution in [0.15, 0.2) is 6.20 Å². The summed E-state index contributed by atoms with van der Waals surface area (Å²) in [5, 5.41) is 4.43. The normalized spacial score (nSPS) is 17.5. The van der Waals surface area contributed by atoms with Crippen LogP contribution < -0.4 is 0 Å². The lowest BCUT2D eigenvalue weighted by Gasteiger charge is -1.90. The molecule has 0 bridgehead atoms. The molecule has 11 heavy (non-hydrogen) atoms. The Morgan fingerprint density at radius 2 is 2.09 bits per heavy atom. The van der Waals surface area contributed by atoms with Crippen molar-refractivity contribution < 1.29 is 0 Å². The molecule has 0 spiro atoms. The predicted molar refractivity (Wildman–Crippen MR) is 44.5 cm³/mol. The molecule has 2 nitrogen and oxygen atoms in total. The number of nitrogens with zero attached hydrogens (tertiary/aromatic N) is 2. The molecule has 0 aromatic carbocycles. The van der Waals surface area contributed by atoms with Gasteiger partial charge in [0.25, 0.3) is 0 Å². The van der Waals surface area contributed by atoms with Crippen molar-refractivity contribution in [2.24, 2.45) is 7.05 Å². The number of aryl methyl sites for hydroxylation is 3. The third-order valence-corrected chi connectivity index (χ3v) is 2.35. The Bertz CT molecular complexity index is 227. The average molecular weight is 150 g/mol. The maximum absolute atomic E-state index is 4.43. The van der Waals surface area contributed by atoms with E-state index >= 15 is 0 Å². The molecule has 0 radical (unpaired) electrons. The minimum absolute atomic E-state index is 1.19. The van der Waals surface area contributed by atoms with Crippen molar-refractivity contribution in [1.29, 1.82) is 0 Å². The summed E-state index contributed by atoms with van der Waals surface area (Å²) in [6.07, 6.45) is 8.64. The zero-order valence-corrected chi connectivity index (χ0v) is 7.01. The first-order valence-corrected chi connectivity index (χ1v) is 4.37. The van der Waals surface area contributed by atoms with Gasteiger partial charge in [-0.2, -0.15) is 5.10 Å². The molecule has 0 saturated heterocycles. The van der Waals surface area contributed by atoms with E-state index in [1.807, 2.05) is 11.7 Å². The molecule has 0 unspecified atom stereocenters. The van der Waals surface area contributed by atoms with Gasteiger partial charge in [0.1, 0.15) is 0 Å². The lowest BCUT2D eigenvalue weighted by atomic mass is 10.2. The van der Waals surface area contributed by atoms with E-state index < -0.39 is 0 Å². The second-order valence-electron chi connectivity index (χ2n) is 3.34. The molecule has 1 aromatic rings. The lowest BCUT2D eigenvalue weighted by molar-refractivity contribution is 0.678. The second kappa shape index (κ2) is 2.68. The summed E-state index contributed by atoms with van der Waals surface area (Å²) < 4.78 is 1.94. The van der Waals surface area contributed by atoms with E-state index in [0.29, 0.717) is 0 Å². The van der Waals surface area contributed by atoms with E-state index in [1.165, 1.54) is 43.4 Å². The van der Waals surface area contributed by atoms with Crippen LogP contribution in [0.25, 0.3) is 0 Å². The molecular formula is C9H14N2. The van der Waals surface area contributed by atoms with Crippen molar-refractivity contribution in [3.05, 3.63) is 17.5 Å². The standard InChI is InChI=1S/C9H14N2/c1-11-7-8-5-3-2-4-6-9(8)10-11/h7H,2-6H2,1H3. The summed E-state index contributed by atoms with van der Waals surface area (Å²) in [6.45, 7) is 0. The molecule has 2 rings (SSSR count). The third kappa shape index (κ3) is 1.30. The fourth-order valence-electron chi connectivity index (χ4n) is 1.79. The predicted octanol–water partition coefficient (Wildman–Crippen LogP) is 1.69. The molecule has 0 atom stereocenters. The van der Waals surface area contributed by atoms with Crippen molar-refractivity contribution in [1.82, 2.24) is 9.78 Å². The monoisotopic (exact) mass is 150 g/mol. The van der Waals surface area contributed by atoms with Crippen LogP contribution in [0, 0.1) is 0 Å². The molecule has 0 aliphatic heterocycles. The van der Waals surface area contributed by atoms with Crippen LogP contribution in [0.3, 0.4) is 0 Å². The Balaban J connectivity index is 2.32. The Morgan fingerprint density at radius 3 is 3.00 bits per heavy atom. The van der Waals surface area contributed by atoms with Crippen molar-refractivity contribution in [3.8, 4) is 0 Å². The fraction of sp³-hybridized carbons (Fsp3) is 0.667. The zero-order valence-electron chi connectivity index (χ0n) is 7.01. The first-order chi connectivity index (χ1) is 5.36. The van der Waals surface area contributed by atoms with E-state index in [1.54, 1.807) is 0 Å². The molecular weight excluding hydrogens is 136 g/mol. The minimum Gasteiger partial charge on any atom is -0.275 e. The zero-order chi connectivity index (χ0) is 7.68. The highest BCUT2D eigenvalue weighted by Gasteiger charge is 2.10. The summed E-state index contributed by atoms with van der Waals surface area (Å²) in [5.41, 5.74) is 2.81. The van der Waals surface area contributed by atoms with Gasteiger partial charge in [-0.25, -0.2) is 0 Å². The van der Waals surface area contributed by atoms with Gasteiger partial charge in [0.15, 0.2) is 0 Å². The molecule has 60 valence electrons. The average Bonchev–Trinajstić information content (AvgIpc) is 2.17. The molecule has 0 saturated carbocycles. The third-order valence-electron chi connectivity index (χ3n) is 2.35. The highest BCUT2D eigenvalue weighted by Crippen LogP contribution is 2.18. The molecule has 0 amide bonds. The molecule has 0 N–H and O–H groups in total. The van der Waals surface area contributed by atoms with Gasteiger partial charge in [-0.15, -0.1) is 0 Å². The van der Waals surface area contributed by atoms with Gasteiger partial charge in [0, 0.05) is 13.2 Å². The minimum atomic E-state index is 1.19. The van der Waals surface area contributed by atoms with Gasteiger partial charge in [-0.3, -0.25) is 4.68 Å². The van der Waals surface area contributed by atoms with E-state index in [-0.39, 0.29) is 0 Å². The first kappa shape index (κ1) is 6.89. The molecule has 0 fully saturated rings. The van der Waals surface area contributed by atoms with Gasteiger partial charge in [0.05, 0.1) is 5.69 Å². The van der Waals surface area contributed by atoms with E-state index in [0.717, 1.165) is 0 Å². The molecule has 1 aromatic heterocycles. The number of hydrogen-bond acceptors (Lipinski definition) is 1. The number of fused-ring (bicyclic) bond motifs is 1. The van der Waals surface area contributed by atoms with Crippen LogP contribution in [0.2, 0.25) is 0 Å². The van der Waals surface area contributed by atoms with Crippen LogP contribution in [0.4, 0.5) is 0 Å². The van der Waals surface area contributed by atoms with Crippen molar-refractivity contribution in [2.45, 2.75) is 32.1 Å². The van der Waals surface area contributed by atoms with Crippen LogP contribution in [0.1, 0.15) is 30.5 Å². The molecule has 2 heteroatoms. The maximum Gasteiger partial charge on any atom is 0.0656 e. The second-order valence-corrected chi connectivity index (χ2v) is 3.34. The van der Waals surface area contributed by atoms with Gasteiger partial charge >= 0.3 is 0 Å². The van der Waals surface area contributed by atoms with Crippen LogP contribution in [-0.2, 0) is 19.9 Å². The number of hydrogen-bond donors (Lipinski definition) is 0. The summed E-state index contributed by atoms with van der Waals surface area (Å²) in [7, 11) is 2.01. The van der Waals surface area contributed by atoms with Crippen molar-refractivity contribution in [3.63, 3.8) is 0 Å². The van der Waals surface area contributed by atoms with E-state index in [4.69, 9.17) is 0 Å². The lowest BCUT2D eigenvalue weighted by Crippen LogP contribution is -1.90. The topological polar surface area (TPSA) is 17.8 Å². The SMILES string of the molecule is Cn1cc2c(n1)CCCCC2. The number of aromatic nitrogens is 2. The van der Waals surface area contributed by atoms with Gasteiger partial charge in [-0.05, 0) is 31.2 Å². The fourth-order valence-corrected chi connectivity index (χ4v) is 1.79. The molecule has 1 aliphatic carbocycles. The molecule has 1 heterocycles. The van der Waals surface area contributed by atoms with Gasteiger partial charge in [0.2, 0.25) is 0 Å². The summed E-state index contributed by atoms with van der Waals surface area (Å²) in [4.78, 5) is 0. The first-order valence-electron chi connectivity index (χ1n) is 4.37. The quantitative estimate of drug-likeness (QED) is 0.514. The van der Waals surface area contributed by atoms with Crippen LogP contribution >= 0.6 is 0 Å². The number of rotatable bonds is 0. The summed E-state index contributed by atoms with van der Waals surface area (Å²) in [5.74, 6) is 0. The summed E-state index contributed by atoms with van der Waals surface area (Å²) >= 11 is 0. The van der Waals surface area contributed by atoms with Crippen LogP contribution in [0.5, 0.6) is 0 Å². The molecule has 1 aliphatic rings. The highest BCUT2D eigenvalue weighted by atomic mass is 15.2. The Morgan fingerprint density at radius 1 is 1.27 bits per heavy atom. The van der Waals surface area contributed by atoms with Crippen LogP contribution in [-0.4, -0.2) is 9.78 Å². The largest absolute Gasteiger partial charge is 0.275 e.